The van der Waals surface area contributed by atoms with Crippen molar-refractivity contribution in [3.8, 4) is 17.1 Å². The van der Waals surface area contributed by atoms with Crippen molar-refractivity contribution >= 4 is 28.9 Å². The maximum atomic E-state index is 13.3. The number of amides is 1. The number of carbonyl (C=O) groups is 1. The van der Waals surface area contributed by atoms with Crippen molar-refractivity contribution < 1.29 is 18.0 Å². The molecule has 168 valence electrons. The van der Waals surface area contributed by atoms with Gasteiger partial charge in [-0.1, -0.05) is 6.07 Å². The van der Waals surface area contributed by atoms with Gasteiger partial charge in [0.1, 0.15) is 0 Å². The van der Waals surface area contributed by atoms with Gasteiger partial charge in [0.25, 0.3) is 5.91 Å². The molecule has 4 rings (SSSR count). The maximum absolute atomic E-state index is 13.3. The largest absolute Gasteiger partial charge is 0.494 e. The van der Waals surface area contributed by atoms with Crippen molar-refractivity contribution in [2.45, 2.75) is 0 Å². The first-order valence-electron chi connectivity index (χ1n) is 10.9. The third kappa shape index (κ3) is 4.66. The lowest BCUT2D eigenvalue weighted by molar-refractivity contribution is 0.0958. The lowest BCUT2D eigenvalue weighted by atomic mass is 10.1. The number of aromatic nitrogens is 7. The summed E-state index contributed by atoms with van der Waals surface area (Å²) < 4.78 is 40.9. The van der Waals surface area contributed by atoms with Crippen molar-refractivity contribution in [3.05, 3.63) is 54.4 Å². The molecule has 1 amide bonds. The van der Waals surface area contributed by atoms with Crippen LogP contribution in [-0.2, 0) is 7.05 Å². The smallest absolute Gasteiger partial charge is 0.273 e. The Morgan fingerprint density at radius 1 is 1.12 bits per heavy atom. The fraction of sp³-hybridized carbons (Fsp3) is 0.150. The number of hydrogen-bond donors (Lipinski definition) is 3. The molecular formula is C20H19FN10O2. The first-order chi connectivity index (χ1) is 17.1. The zero-order valence-electron chi connectivity index (χ0n) is 20.4. The highest BCUT2D eigenvalue weighted by atomic mass is 19.1. The summed E-state index contributed by atoms with van der Waals surface area (Å²) in [6.45, 7) is -2.75. The van der Waals surface area contributed by atoms with E-state index in [4.69, 9.17) is 8.85 Å². The Morgan fingerprint density at radius 3 is 2.64 bits per heavy atom. The molecule has 0 bridgehead atoms. The molecular weight excluding hydrogens is 431 g/mol. The highest BCUT2D eigenvalue weighted by Gasteiger charge is 2.19. The van der Waals surface area contributed by atoms with Crippen LogP contribution in [0.5, 0.6) is 5.75 Å². The summed E-state index contributed by atoms with van der Waals surface area (Å²) in [5.74, 6) is -0.525. The molecule has 3 aromatic heterocycles. The zero-order valence-corrected chi connectivity index (χ0v) is 17.4. The monoisotopic (exact) mass is 453 g/mol. The Balaban J connectivity index is 1.75. The quantitative estimate of drug-likeness (QED) is 0.380. The topological polar surface area (TPSA) is 145 Å². The van der Waals surface area contributed by atoms with Gasteiger partial charge in [-0.3, -0.25) is 4.79 Å². The van der Waals surface area contributed by atoms with Crippen LogP contribution in [0.4, 0.5) is 27.4 Å². The fourth-order valence-corrected chi connectivity index (χ4v) is 2.94. The second-order valence-electron chi connectivity index (χ2n) is 6.53. The Morgan fingerprint density at radius 2 is 1.94 bits per heavy atom. The van der Waals surface area contributed by atoms with Crippen LogP contribution in [-0.4, -0.2) is 55.2 Å². The lowest BCUT2D eigenvalue weighted by Gasteiger charge is -2.16. The molecule has 13 heteroatoms. The second-order valence-corrected chi connectivity index (χ2v) is 6.53. The number of aryl methyl sites for hydroxylation is 1. The summed E-state index contributed by atoms with van der Waals surface area (Å²) in [5, 5.41) is 23.7. The number of nitrogens with zero attached hydrogens (tertiary/aromatic N) is 7. The van der Waals surface area contributed by atoms with Crippen LogP contribution in [0.25, 0.3) is 11.4 Å². The first-order valence-corrected chi connectivity index (χ1v) is 9.38. The summed E-state index contributed by atoms with van der Waals surface area (Å²) in [6, 6.07) is 6.43. The maximum Gasteiger partial charge on any atom is 0.273 e. The number of ether oxygens (including phenoxy) is 1. The van der Waals surface area contributed by atoms with E-state index in [1.54, 1.807) is 25.2 Å². The van der Waals surface area contributed by atoms with E-state index in [0.717, 1.165) is 12.4 Å². The van der Waals surface area contributed by atoms with Crippen LogP contribution in [0.15, 0.2) is 42.9 Å². The van der Waals surface area contributed by atoms with Crippen molar-refractivity contribution in [2.24, 2.45) is 7.05 Å². The fourth-order valence-electron chi connectivity index (χ4n) is 2.94. The predicted molar refractivity (Wildman–Crippen MR) is 117 cm³/mol. The van der Waals surface area contributed by atoms with Crippen LogP contribution in [0.3, 0.4) is 0 Å². The molecule has 1 aromatic carbocycles. The summed E-state index contributed by atoms with van der Waals surface area (Å²) in [5.41, 5.74) is 0.621. The molecule has 12 nitrogen and oxygen atoms in total. The molecule has 0 aliphatic carbocycles. The number of benzene rings is 1. The Kier molecular flexibility index (Phi) is 5.01. The SMILES string of the molecule is [2H]C([2H])([2H])NC(=O)c1nnc(Nc2cnn(C)n2)cc1Nc1cccc(-c2ncc(F)cn2)c1OC. The standard InChI is InChI=1S/C20H19FN10O2/c1-22-20(32)17-14(7-15(28-29-17)27-16-10-25-31(2)30-16)26-13-6-4-5-12(18(13)33-3)19-23-8-11(21)9-24-19/h4-10H,1-3H3,(H,22,32)(H2,26,27,28,30)/i1D3. The van der Waals surface area contributed by atoms with Crippen LogP contribution < -0.4 is 20.7 Å². The number of nitrogens with one attached hydrogen (secondary N) is 3. The van der Waals surface area contributed by atoms with E-state index in [9.17, 15) is 9.18 Å². The van der Waals surface area contributed by atoms with E-state index in [2.05, 4.69) is 41.0 Å². The van der Waals surface area contributed by atoms with Gasteiger partial charge in [-0.15, -0.1) is 15.3 Å². The predicted octanol–water partition coefficient (Wildman–Crippen LogP) is 2.06. The molecule has 0 unspecified atom stereocenters. The molecule has 0 spiro atoms. The Labute approximate surface area is 191 Å². The number of halogens is 1. The minimum atomic E-state index is -2.75. The van der Waals surface area contributed by atoms with Gasteiger partial charge in [0.2, 0.25) is 0 Å². The molecule has 0 radical (unpaired) electrons. The van der Waals surface area contributed by atoms with Crippen molar-refractivity contribution in [2.75, 3.05) is 24.7 Å². The van der Waals surface area contributed by atoms with E-state index in [-0.39, 0.29) is 28.8 Å². The molecule has 0 saturated heterocycles. The van der Waals surface area contributed by atoms with Gasteiger partial charge < -0.3 is 20.7 Å². The molecule has 0 atom stereocenters. The lowest BCUT2D eigenvalue weighted by Crippen LogP contribution is -2.21. The van der Waals surface area contributed by atoms with Crippen molar-refractivity contribution in [1.82, 2.24) is 40.5 Å². The minimum Gasteiger partial charge on any atom is -0.494 e. The minimum absolute atomic E-state index is 0.105. The highest BCUT2D eigenvalue weighted by molar-refractivity contribution is 5.99. The number of hydrogen-bond acceptors (Lipinski definition) is 10. The van der Waals surface area contributed by atoms with Gasteiger partial charge in [-0.05, 0) is 12.1 Å². The molecule has 0 saturated carbocycles. The Hall–Kier alpha value is -4.68. The molecule has 0 aliphatic heterocycles. The van der Waals surface area contributed by atoms with Gasteiger partial charge in [0.15, 0.2) is 34.7 Å². The Bertz CT molecular complexity index is 1400. The van der Waals surface area contributed by atoms with Crippen LogP contribution in [0.2, 0.25) is 0 Å². The highest BCUT2D eigenvalue weighted by Crippen LogP contribution is 2.37. The third-order valence-electron chi connectivity index (χ3n) is 4.33. The average molecular weight is 453 g/mol. The van der Waals surface area contributed by atoms with E-state index < -0.39 is 18.7 Å². The molecule has 0 fully saturated rings. The molecule has 4 aromatic rings. The van der Waals surface area contributed by atoms with Gasteiger partial charge in [-0.2, -0.15) is 9.90 Å². The van der Waals surface area contributed by atoms with E-state index >= 15 is 0 Å². The first kappa shape index (κ1) is 17.9. The van der Waals surface area contributed by atoms with Gasteiger partial charge in [-0.25, -0.2) is 14.4 Å². The summed E-state index contributed by atoms with van der Waals surface area (Å²) in [6.07, 6.45) is 3.51. The summed E-state index contributed by atoms with van der Waals surface area (Å²) in [4.78, 5) is 22.0. The number of methoxy groups -OCH3 is 1. The van der Waals surface area contributed by atoms with Gasteiger partial charge >= 0.3 is 0 Å². The normalized spacial score (nSPS) is 12.3. The molecule has 33 heavy (non-hydrogen) atoms. The number of anilines is 4. The van der Waals surface area contributed by atoms with Gasteiger partial charge in [0, 0.05) is 24.2 Å². The van der Waals surface area contributed by atoms with Crippen LogP contribution in [0, 0.1) is 5.82 Å². The van der Waals surface area contributed by atoms with Crippen LogP contribution in [0.1, 0.15) is 14.6 Å². The number of para-hydroxylation sites is 1. The zero-order chi connectivity index (χ0) is 25.9. The van der Waals surface area contributed by atoms with E-state index in [0.29, 0.717) is 17.1 Å². The molecule has 0 aliphatic rings. The van der Waals surface area contributed by atoms with Gasteiger partial charge in [0.05, 0.1) is 42.6 Å². The second kappa shape index (κ2) is 9.21. The number of rotatable bonds is 7. The van der Waals surface area contributed by atoms with Crippen molar-refractivity contribution in [3.63, 3.8) is 0 Å². The number of carbonyl (C=O) groups excluding carboxylic acids is 1. The third-order valence-corrected chi connectivity index (χ3v) is 4.33. The van der Waals surface area contributed by atoms with E-state index in [1.165, 1.54) is 24.2 Å². The van der Waals surface area contributed by atoms with Crippen molar-refractivity contribution in [1.29, 1.82) is 0 Å². The average Bonchev–Trinajstić information content (AvgIpc) is 3.23. The van der Waals surface area contributed by atoms with Crippen LogP contribution >= 0.6 is 0 Å². The molecule has 3 heterocycles. The summed E-state index contributed by atoms with van der Waals surface area (Å²) >= 11 is 0. The summed E-state index contributed by atoms with van der Waals surface area (Å²) in [7, 11) is 3.05. The van der Waals surface area contributed by atoms with E-state index in [1.807, 2.05) is 5.32 Å². The molecule has 3 N–H and O–H groups in total.